The number of carbonyl (C=O) groups is 1. The van der Waals surface area contributed by atoms with Gasteiger partial charge in [-0.25, -0.2) is 0 Å². The van der Waals surface area contributed by atoms with Gasteiger partial charge in [-0.3, -0.25) is 9.69 Å². The molecule has 1 saturated heterocycles. The lowest BCUT2D eigenvalue weighted by atomic mass is 9.92. The van der Waals surface area contributed by atoms with E-state index in [1.807, 2.05) is 0 Å². The molecule has 1 rings (SSSR count). The van der Waals surface area contributed by atoms with Crippen LogP contribution in [0.4, 0.5) is 0 Å². The first-order valence-electron chi connectivity index (χ1n) is 6.54. The molecule has 1 N–H and O–H groups in total. The molecule has 1 aliphatic heterocycles. The molecule has 1 fully saturated rings. The Labute approximate surface area is 105 Å². The average Bonchev–Trinajstić information content (AvgIpc) is 2.18. The van der Waals surface area contributed by atoms with Gasteiger partial charge in [0.15, 0.2) is 0 Å². The Balaban J connectivity index is 2.09. The highest BCUT2D eigenvalue weighted by atomic mass is 16.1. The molecule has 0 aliphatic carbocycles. The first-order valence-corrected chi connectivity index (χ1v) is 6.54. The van der Waals surface area contributed by atoms with Crippen LogP contribution in [0.1, 0.15) is 27.2 Å². The predicted octanol–water partition coefficient (Wildman–Crippen LogP) is 0.786. The van der Waals surface area contributed by atoms with Crippen molar-refractivity contribution in [1.29, 1.82) is 0 Å². The molecule has 17 heavy (non-hydrogen) atoms. The lowest BCUT2D eigenvalue weighted by Crippen LogP contribution is -2.47. The maximum Gasteiger partial charge on any atom is 0.220 e. The van der Waals surface area contributed by atoms with Crippen LogP contribution in [0.3, 0.4) is 0 Å². The fourth-order valence-electron chi connectivity index (χ4n) is 1.97. The number of hydrogen-bond acceptors (Lipinski definition) is 3. The fraction of sp³-hybridized carbons (Fsp3) is 0.923. The van der Waals surface area contributed by atoms with Gasteiger partial charge in [-0.05, 0) is 12.5 Å². The van der Waals surface area contributed by atoms with E-state index in [1.165, 1.54) is 0 Å². The van der Waals surface area contributed by atoms with Gasteiger partial charge in [0.2, 0.25) is 5.91 Å². The summed E-state index contributed by atoms with van der Waals surface area (Å²) in [4.78, 5) is 16.4. The third-order valence-electron chi connectivity index (χ3n) is 3.04. The van der Waals surface area contributed by atoms with Crippen molar-refractivity contribution in [2.75, 3.05) is 46.3 Å². The standard InChI is InChI=1S/C13H27N3O/c1-13(2,3)11-12(17)14-5-6-16-9-7-15(4)8-10-16/h5-11H2,1-4H3,(H,14,17). The summed E-state index contributed by atoms with van der Waals surface area (Å²) in [6.07, 6.45) is 0.607. The van der Waals surface area contributed by atoms with Gasteiger partial charge in [-0.2, -0.15) is 0 Å². The number of nitrogens with zero attached hydrogens (tertiary/aromatic N) is 2. The molecule has 0 aromatic rings. The Hall–Kier alpha value is -0.610. The van der Waals surface area contributed by atoms with Crippen molar-refractivity contribution in [2.45, 2.75) is 27.2 Å². The number of rotatable bonds is 4. The highest BCUT2D eigenvalue weighted by Crippen LogP contribution is 2.17. The van der Waals surface area contributed by atoms with Crippen LogP contribution in [0.2, 0.25) is 0 Å². The van der Waals surface area contributed by atoms with Crippen LogP contribution in [0, 0.1) is 5.41 Å². The highest BCUT2D eigenvalue weighted by molar-refractivity contribution is 5.76. The van der Waals surface area contributed by atoms with Crippen molar-refractivity contribution >= 4 is 5.91 Å². The zero-order chi connectivity index (χ0) is 12.9. The molecule has 100 valence electrons. The molecular weight excluding hydrogens is 214 g/mol. The maximum atomic E-state index is 11.6. The Bertz CT molecular complexity index is 240. The monoisotopic (exact) mass is 241 g/mol. The second-order valence-corrected chi connectivity index (χ2v) is 6.23. The molecule has 4 heteroatoms. The van der Waals surface area contributed by atoms with Gasteiger partial charge in [0.05, 0.1) is 0 Å². The molecular formula is C13H27N3O. The third kappa shape index (κ3) is 6.64. The first kappa shape index (κ1) is 14.5. The summed E-state index contributed by atoms with van der Waals surface area (Å²) in [6.45, 7) is 12.5. The molecule has 0 spiro atoms. The topological polar surface area (TPSA) is 35.6 Å². The Morgan fingerprint density at radius 1 is 1.18 bits per heavy atom. The minimum atomic E-state index is 0.0813. The smallest absolute Gasteiger partial charge is 0.220 e. The zero-order valence-electron chi connectivity index (χ0n) is 11.8. The fourth-order valence-corrected chi connectivity index (χ4v) is 1.97. The SMILES string of the molecule is CN1CCN(CCNC(=O)CC(C)(C)C)CC1. The summed E-state index contributed by atoms with van der Waals surface area (Å²) in [5, 5.41) is 3.00. The first-order chi connectivity index (χ1) is 7.87. The highest BCUT2D eigenvalue weighted by Gasteiger charge is 2.16. The molecule has 0 radical (unpaired) electrons. The number of nitrogens with one attached hydrogen (secondary N) is 1. The third-order valence-corrected chi connectivity index (χ3v) is 3.04. The van der Waals surface area contributed by atoms with E-state index in [2.05, 4.69) is 42.9 Å². The molecule has 0 bridgehead atoms. The molecule has 0 aromatic heterocycles. The maximum absolute atomic E-state index is 11.6. The number of likely N-dealkylation sites (N-methyl/N-ethyl adjacent to an activating group) is 1. The Kier molecular flexibility index (Phi) is 5.40. The quantitative estimate of drug-likeness (QED) is 0.790. The van der Waals surface area contributed by atoms with Crippen molar-refractivity contribution in [3.8, 4) is 0 Å². The number of hydrogen-bond donors (Lipinski definition) is 1. The van der Waals surface area contributed by atoms with Crippen molar-refractivity contribution in [3.05, 3.63) is 0 Å². The van der Waals surface area contributed by atoms with Crippen molar-refractivity contribution in [2.24, 2.45) is 5.41 Å². The van der Waals surface area contributed by atoms with E-state index in [1.54, 1.807) is 0 Å². The Morgan fingerprint density at radius 3 is 2.29 bits per heavy atom. The summed E-state index contributed by atoms with van der Waals surface area (Å²) < 4.78 is 0. The van der Waals surface area contributed by atoms with Gasteiger partial charge >= 0.3 is 0 Å². The zero-order valence-corrected chi connectivity index (χ0v) is 11.8. The average molecular weight is 241 g/mol. The molecule has 1 aliphatic rings. The van der Waals surface area contributed by atoms with Crippen LogP contribution in [0.15, 0.2) is 0 Å². The van der Waals surface area contributed by atoms with Crippen LogP contribution in [-0.4, -0.2) is 62.0 Å². The van der Waals surface area contributed by atoms with Crippen LogP contribution in [-0.2, 0) is 4.79 Å². The van der Waals surface area contributed by atoms with Gasteiger partial charge < -0.3 is 10.2 Å². The minimum absolute atomic E-state index is 0.0813. The van der Waals surface area contributed by atoms with E-state index < -0.39 is 0 Å². The molecule has 0 aromatic carbocycles. The predicted molar refractivity (Wildman–Crippen MR) is 71.0 cm³/mol. The second-order valence-electron chi connectivity index (χ2n) is 6.23. The lowest BCUT2D eigenvalue weighted by Gasteiger charge is -2.32. The van der Waals surface area contributed by atoms with Gasteiger partial charge in [0.25, 0.3) is 0 Å². The van der Waals surface area contributed by atoms with E-state index in [4.69, 9.17) is 0 Å². The van der Waals surface area contributed by atoms with Crippen LogP contribution in [0.25, 0.3) is 0 Å². The van der Waals surface area contributed by atoms with E-state index in [9.17, 15) is 4.79 Å². The van der Waals surface area contributed by atoms with Crippen molar-refractivity contribution in [1.82, 2.24) is 15.1 Å². The van der Waals surface area contributed by atoms with Gasteiger partial charge in [0, 0.05) is 45.7 Å². The molecule has 0 atom stereocenters. The van der Waals surface area contributed by atoms with Gasteiger partial charge in [-0.15, -0.1) is 0 Å². The van der Waals surface area contributed by atoms with Gasteiger partial charge in [0.1, 0.15) is 0 Å². The Morgan fingerprint density at radius 2 is 1.76 bits per heavy atom. The molecule has 4 nitrogen and oxygen atoms in total. The second kappa shape index (κ2) is 6.36. The van der Waals surface area contributed by atoms with Crippen LogP contribution in [0.5, 0.6) is 0 Å². The molecule has 0 saturated carbocycles. The lowest BCUT2D eigenvalue weighted by molar-refractivity contribution is -0.122. The van der Waals surface area contributed by atoms with Crippen LogP contribution < -0.4 is 5.32 Å². The normalized spacial score (nSPS) is 19.3. The van der Waals surface area contributed by atoms with E-state index in [0.29, 0.717) is 6.42 Å². The number of carbonyl (C=O) groups excluding carboxylic acids is 1. The van der Waals surface area contributed by atoms with Crippen molar-refractivity contribution < 1.29 is 4.79 Å². The molecule has 0 unspecified atom stereocenters. The molecule has 1 heterocycles. The molecule has 1 amide bonds. The summed E-state index contributed by atoms with van der Waals surface area (Å²) in [6, 6.07) is 0. The van der Waals surface area contributed by atoms with Crippen molar-refractivity contribution in [3.63, 3.8) is 0 Å². The summed E-state index contributed by atoms with van der Waals surface area (Å²) in [5.41, 5.74) is 0.0813. The van der Waals surface area contributed by atoms with E-state index in [0.717, 1.165) is 39.3 Å². The van der Waals surface area contributed by atoms with Gasteiger partial charge in [-0.1, -0.05) is 20.8 Å². The van der Waals surface area contributed by atoms with Crippen LogP contribution >= 0.6 is 0 Å². The number of amides is 1. The van der Waals surface area contributed by atoms with E-state index in [-0.39, 0.29) is 11.3 Å². The number of piperazine rings is 1. The largest absolute Gasteiger partial charge is 0.355 e. The van der Waals surface area contributed by atoms with E-state index >= 15 is 0 Å². The summed E-state index contributed by atoms with van der Waals surface area (Å²) >= 11 is 0. The summed E-state index contributed by atoms with van der Waals surface area (Å²) in [5.74, 6) is 0.173. The minimum Gasteiger partial charge on any atom is -0.355 e. The summed E-state index contributed by atoms with van der Waals surface area (Å²) in [7, 11) is 2.16.